The van der Waals surface area contributed by atoms with E-state index in [2.05, 4.69) is 10.6 Å². The first-order valence-corrected chi connectivity index (χ1v) is 10.4. The number of aryl methyl sites for hydroxylation is 2. The van der Waals surface area contributed by atoms with Gasteiger partial charge < -0.3 is 20.3 Å². The first kappa shape index (κ1) is 21.7. The molecule has 1 fully saturated rings. The first-order chi connectivity index (χ1) is 14.3. The number of methoxy groups -OCH3 is 1. The van der Waals surface area contributed by atoms with Gasteiger partial charge in [-0.3, -0.25) is 4.79 Å². The van der Waals surface area contributed by atoms with Crippen LogP contribution in [0.25, 0.3) is 0 Å². The molecule has 6 nitrogen and oxygen atoms in total. The van der Waals surface area contributed by atoms with Gasteiger partial charge in [0.25, 0.3) is 0 Å². The molecule has 1 atom stereocenters. The fraction of sp³-hybridized carbons (Fsp3) is 0.417. The van der Waals surface area contributed by atoms with Crippen LogP contribution in [0.4, 0.5) is 10.5 Å². The average Bonchev–Trinajstić information content (AvgIpc) is 2.73. The molecule has 30 heavy (non-hydrogen) atoms. The lowest BCUT2D eigenvalue weighted by atomic mass is 9.81. The van der Waals surface area contributed by atoms with Gasteiger partial charge in [0.2, 0.25) is 5.91 Å². The third-order valence-electron chi connectivity index (χ3n) is 5.70. The van der Waals surface area contributed by atoms with E-state index >= 15 is 0 Å². The Balaban J connectivity index is 1.63. The van der Waals surface area contributed by atoms with E-state index in [0.29, 0.717) is 31.1 Å². The van der Waals surface area contributed by atoms with Crippen LogP contribution in [0.5, 0.6) is 5.75 Å². The van der Waals surface area contributed by atoms with E-state index < -0.39 is 5.41 Å². The fourth-order valence-corrected chi connectivity index (χ4v) is 3.81. The zero-order chi connectivity index (χ0) is 21.7. The van der Waals surface area contributed by atoms with Crippen molar-refractivity contribution in [3.63, 3.8) is 0 Å². The lowest BCUT2D eigenvalue weighted by Crippen LogP contribution is -2.52. The van der Waals surface area contributed by atoms with E-state index in [1.54, 1.807) is 12.0 Å². The fourth-order valence-electron chi connectivity index (χ4n) is 3.81. The first-order valence-electron chi connectivity index (χ1n) is 10.4. The molecule has 1 saturated heterocycles. The minimum absolute atomic E-state index is 0.0197. The van der Waals surface area contributed by atoms with Crippen molar-refractivity contribution < 1.29 is 14.3 Å². The largest absolute Gasteiger partial charge is 0.495 e. The van der Waals surface area contributed by atoms with Crippen molar-refractivity contribution in [3.8, 4) is 5.75 Å². The molecule has 1 heterocycles. The predicted molar refractivity (Wildman–Crippen MR) is 119 cm³/mol. The number of hydrogen-bond donors (Lipinski definition) is 2. The van der Waals surface area contributed by atoms with Crippen molar-refractivity contribution in [2.24, 2.45) is 5.41 Å². The molecule has 1 unspecified atom stereocenters. The van der Waals surface area contributed by atoms with Crippen molar-refractivity contribution >= 4 is 17.6 Å². The van der Waals surface area contributed by atoms with E-state index in [4.69, 9.17) is 4.74 Å². The molecule has 160 valence electrons. The lowest BCUT2D eigenvalue weighted by Gasteiger charge is -2.39. The van der Waals surface area contributed by atoms with Crippen LogP contribution in [0.1, 0.15) is 36.5 Å². The number of hydrogen-bond acceptors (Lipinski definition) is 3. The summed E-state index contributed by atoms with van der Waals surface area (Å²) in [6.45, 7) is 7.43. The van der Waals surface area contributed by atoms with Crippen LogP contribution in [0.15, 0.2) is 42.5 Å². The van der Waals surface area contributed by atoms with Crippen LogP contribution in [0, 0.1) is 19.3 Å². The Morgan fingerprint density at radius 1 is 1.10 bits per heavy atom. The van der Waals surface area contributed by atoms with Crippen LogP contribution in [0.2, 0.25) is 0 Å². The molecular formula is C24H31N3O3. The number of nitrogens with zero attached hydrogens (tertiary/aromatic N) is 1. The summed E-state index contributed by atoms with van der Waals surface area (Å²) in [7, 11) is 1.58. The number of benzene rings is 2. The molecule has 1 aliphatic heterocycles. The van der Waals surface area contributed by atoms with E-state index in [1.807, 2.05) is 63.2 Å². The third kappa shape index (κ3) is 5.12. The SMILES string of the molecule is COc1ccc(C)cc1NC(=O)N1CCCC(C)(C(=O)NCc2ccc(C)cc2)C1. The Morgan fingerprint density at radius 3 is 2.50 bits per heavy atom. The highest BCUT2D eigenvalue weighted by Gasteiger charge is 2.39. The molecule has 2 N–H and O–H groups in total. The Bertz CT molecular complexity index is 910. The van der Waals surface area contributed by atoms with Gasteiger partial charge in [-0.1, -0.05) is 35.9 Å². The molecule has 0 radical (unpaired) electrons. The van der Waals surface area contributed by atoms with Crippen molar-refractivity contribution in [1.82, 2.24) is 10.2 Å². The van der Waals surface area contributed by atoms with Crippen LogP contribution in [0.3, 0.4) is 0 Å². The summed E-state index contributed by atoms with van der Waals surface area (Å²) >= 11 is 0. The van der Waals surface area contributed by atoms with Gasteiger partial charge in [0.15, 0.2) is 0 Å². The minimum atomic E-state index is -0.614. The maximum Gasteiger partial charge on any atom is 0.321 e. The van der Waals surface area contributed by atoms with Crippen molar-refractivity contribution in [2.45, 2.75) is 40.2 Å². The van der Waals surface area contributed by atoms with E-state index in [9.17, 15) is 9.59 Å². The molecule has 3 amide bonds. The molecule has 1 aliphatic rings. The highest BCUT2D eigenvalue weighted by Crippen LogP contribution is 2.31. The number of piperidine rings is 1. The van der Waals surface area contributed by atoms with Gasteiger partial charge in [-0.05, 0) is 56.9 Å². The quantitative estimate of drug-likeness (QED) is 0.775. The second-order valence-corrected chi connectivity index (χ2v) is 8.39. The maximum atomic E-state index is 12.9. The topological polar surface area (TPSA) is 70.7 Å². The molecule has 0 aromatic heterocycles. The molecule has 0 saturated carbocycles. The zero-order valence-corrected chi connectivity index (χ0v) is 18.2. The molecule has 2 aromatic rings. The van der Waals surface area contributed by atoms with E-state index in [-0.39, 0.29) is 11.9 Å². The number of ether oxygens (including phenoxy) is 1. The van der Waals surface area contributed by atoms with Crippen LogP contribution >= 0.6 is 0 Å². The molecule has 3 rings (SSSR count). The minimum Gasteiger partial charge on any atom is -0.495 e. The maximum absolute atomic E-state index is 12.9. The number of carbonyl (C=O) groups excluding carboxylic acids is 2. The number of carbonyl (C=O) groups is 2. The van der Waals surface area contributed by atoms with Gasteiger partial charge in [-0.2, -0.15) is 0 Å². The number of nitrogens with one attached hydrogen (secondary N) is 2. The third-order valence-corrected chi connectivity index (χ3v) is 5.70. The highest BCUT2D eigenvalue weighted by molar-refractivity contribution is 5.92. The lowest BCUT2D eigenvalue weighted by molar-refractivity contribution is -0.132. The summed E-state index contributed by atoms with van der Waals surface area (Å²) in [4.78, 5) is 27.6. The summed E-state index contributed by atoms with van der Waals surface area (Å²) in [6.07, 6.45) is 1.54. The summed E-state index contributed by atoms with van der Waals surface area (Å²) in [6, 6.07) is 13.6. The van der Waals surface area contributed by atoms with E-state index in [0.717, 1.165) is 24.0 Å². The Labute approximate surface area is 178 Å². The molecule has 0 bridgehead atoms. The average molecular weight is 410 g/mol. The Morgan fingerprint density at radius 2 is 1.80 bits per heavy atom. The second kappa shape index (κ2) is 9.20. The number of rotatable bonds is 5. The van der Waals surface area contributed by atoms with Gasteiger partial charge >= 0.3 is 6.03 Å². The highest BCUT2D eigenvalue weighted by atomic mass is 16.5. The van der Waals surface area contributed by atoms with Crippen molar-refractivity contribution in [3.05, 3.63) is 59.2 Å². The summed E-state index contributed by atoms with van der Waals surface area (Å²) in [5.41, 5.74) is 3.31. The molecule has 0 aliphatic carbocycles. The number of anilines is 1. The molecule has 0 spiro atoms. The second-order valence-electron chi connectivity index (χ2n) is 8.39. The van der Waals surface area contributed by atoms with Gasteiger partial charge in [-0.25, -0.2) is 4.79 Å². The summed E-state index contributed by atoms with van der Waals surface area (Å²) in [5.74, 6) is 0.596. The van der Waals surface area contributed by atoms with Crippen LogP contribution in [-0.4, -0.2) is 37.0 Å². The Kier molecular flexibility index (Phi) is 6.65. The van der Waals surface area contributed by atoms with Crippen molar-refractivity contribution in [2.75, 3.05) is 25.5 Å². The van der Waals surface area contributed by atoms with Gasteiger partial charge in [0, 0.05) is 19.6 Å². The normalized spacial score (nSPS) is 18.6. The van der Waals surface area contributed by atoms with Gasteiger partial charge in [-0.15, -0.1) is 0 Å². The standard InChI is InChI=1S/C24H31N3O3/c1-17-6-9-19(10-7-17)15-25-22(28)24(3)12-5-13-27(16-24)23(29)26-20-14-18(2)8-11-21(20)30-4/h6-11,14H,5,12-13,15-16H2,1-4H3,(H,25,28)(H,26,29). The monoisotopic (exact) mass is 409 g/mol. The molecule has 6 heteroatoms. The smallest absolute Gasteiger partial charge is 0.321 e. The summed E-state index contributed by atoms with van der Waals surface area (Å²) in [5, 5.41) is 5.99. The zero-order valence-electron chi connectivity index (χ0n) is 18.2. The van der Waals surface area contributed by atoms with Gasteiger partial charge in [0.1, 0.15) is 5.75 Å². The summed E-state index contributed by atoms with van der Waals surface area (Å²) < 4.78 is 5.35. The Hall–Kier alpha value is -3.02. The number of urea groups is 1. The molecule has 2 aromatic carbocycles. The van der Waals surface area contributed by atoms with Gasteiger partial charge in [0.05, 0.1) is 18.2 Å². The predicted octanol–water partition coefficient (Wildman–Crippen LogP) is 4.26. The molecular weight excluding hydrogens is 378 g/mol. The van der Waals surface area contributed by atoms with Crippen LogP contribution < -0.4 is 15.4 Å². The number of likely N-dealkylation sites (tertiary alicyclic amines) is 1. The van der Waals surface area contributed by atoms with E-state index in [1.165, 1.54) is 5.56 Å². The van der Waals surface area contributed by atoms with Crippen molar-refractivity contribution in [1.29, 1.82) is 0 Å². The van der Waals surface area contributed by atoms with Crippen LogP contribution in [-0.2, 0) is 11.3 Å². The number of amides is 3.